The highest BCUT2D eigenvalue weighted by atomic mass is 32.2. The van der Waals surface area contributed by atoms with Gasteiger partial charge in [-0.3, -0.25) is 14.2 Å². The van der Waals surface area contributed by atoms with E-state index in [4.69, 9.17) is 0 Å². The molecule has 2 N–H and O–H groups in total. The average molecular weight is 365 g/mol. The SMILES string of the molecule is CCS(=O)(=O)Nc1ccccc1C(=O)Nc1ccn(CCN(C)C)n1. The molecule has 0 fully saturated rings. The van der Waals surface area contributed by atoms with E-state index in [-0.39, 0.29) is 17.0 Å². The van der Waals surface area contributed by atoms with Gasteiger partial charge in [0.2, 0.25) is 10.0 Å². The first-order valence-electron chi connectivity index (χ1n) is 7.90. The van der Waals surface area contributed by atoms with E-state index < -0.39 is 15.9 Å². The standard InChI is InChI=1S/C16H23N5O3S/c1-4-25(23,24)19-14-8-6-5-7-13(14)16(22)17-15-9-10-21(18-15)12-11-20(2)3/h5-10,19H,4,11-12H2,1-3H3,(H,17,18,22). The van der Waals surface area contributed by atoms with Gasteiger partial charge in [0, 0.05) is 18.8 Å². The van der Waals surface area contributed by atoms with Crippen molar-refractivity contribution in [1.29, 1.82) is 0 Å². The fourth-order valence-electron chi connectivity index (χ4n) is 2.05. The van der Waals surface area contributed by atoms with Gasteiger partial charge in [-0.2, -0.15) is 5.10 Å². The van der Waals surface area contributed by atoms with Crippen LogP contribution in [0, 0.1) is 0 Å². The van der Waals surface area contributed by atoms with Crippen LogP contribution in [-0.4, -0.2) is 55.4 Å². The molecular weight excluding hydrogens is 342 g/mol. The second-order valence-electron chi connectivity index (χ2n) is 5.77. The van der Waals surface area contributed by atoms with Crippen molar-refractivity contribution in [2.75, 3.05) is 36.4 Å². The third-order valence-electron chi connectivity index (χ3n) is 3.48. The minimum Gasteiger partial charge on any atom is -0.308 e. The molecular formula is C16H23N5O3S. The normalized spacial score (nSPS) is 11.5. The average Bonchev–Trinajstić information content (AvgIpc) is 3.00. The Morgan fingerprint density at radius 2 is 1.96 bits per heavy atom. The van der Waals surface area contributed by atoms with Gasteiger partial charge in [0.1, 0.15) is 0 Å². The van der Waals surface area contributed by atoms with Crippen molar-refractivity contribution in [3.63, 3.8) is 0 Å². The van der Waals surface area contributed by atoms with Crippen LogP contribution in [0.5, 0.6) is 0 Å². The Kier molecular flexibility index (Phi) is 6.16. The monoisotopic (exact) mass is 365 g/mol. The molecule has 0 aliphatic heterocycles. The summed E-state index contributed by atoms with van der Waals surface area (Å²) in [6, 6.07) is 8.16. The molecule has 1 amide bonds. The number of nitrogens with zero attached hydrogens (tertiary/aromatic N) is 3. The fraction of sp³-hybridized carbons (Fsp3) is 0.375. The summed E-state index contributed by atoms with van der Waals surface area (Å²) in [4.78, 5) is 14.5. The lowest BCUT2D eigenvalue weighted by Gasteiger charge is -2.11. The maximum absolute atomic E-state index is 12.5. The Balaban J connectivity index is 2.11. The molecule has 136 valence electrons. The number of hydrogen-bond donors (Lipinski definition) is 2. The molecule has 2 rings (SSSR count). The number of benzene rings is 1. The lowest BCUT2D eigenvalue weighted by atomic mass is 10.1. The van der Waals surface area contributed by atoms with Crippen molar-refractivity contribution in [2.24, 2.45) is 0 Å². The van der Waals surface area contributed by atoms with Gasteiger partial charge in [0.25, 0.3) is 5.91 Å². The van der Waals surface area contributed by atoms with E-state index >= 15 is 0 Å². The van der Waals surface area contributed by atoms with E-state index in [1.54, 1.807) is 41.2 Å². The van der Waals surface area contributed by atoms with Gasteiger partial charge in [-0.15, -0.1) is 0 Å². The second kappa shape index (κ2) is 8.13. The molecule has 0 unspecified atom stereocenters. The van der Waals surface area contributed by atoms with Crippen LogP contribution in [0.2, 0.25) is 0 Å². The smallest absolute Gasteiger partial charge is 0.258 e. The van der Waals surface area contributed by atoms with Crippen molar-refractivity contribution in [1.82, 2.24) is 14.7 Å². The quantitative estimate of drug-likeness (QED) is 0.738. The Morgan fingerprint density at radius 1 is 1.24 bits per heavy atom. The zero-order valence-corrected chi connectivity index (χ0v) is 15.4. The highest BCUT2D eigenvalue weighted by Gasteiger charge is 2.16. The van der Waals surface area contributed by atoms with Crippen LogP contribution < -0.4 is 10.0 Å². The molecule has 1 aromatic carbocycles. The highest BCUT2D eigenvalue weighted by molar-refractivity contribution is 7.92. The minimum absolute atomic E-state index is 0.0702. The van der Waals surface area contributed by atoms with Gasteiger partial charge < -0.3 is 10.2 Å². The lowest BCUT2D eigenvalue weighted by Crippen LogP contribution is -2.20. The van der Waals surface area contributed by atoms with E-state index in [2.05, 4.69) is 15.1 Å². The summed E-state index contributed by atoms with van der Waals surface area (Å²) in [5, 5.41) is 6.98. The molecule has 0 saturated carbocycles. The molecule has 0 spiro atoms. The maximum Gasteiger partial charge on any atom is 0.258 e. The summed E-state index contributed by atoms with van der Waals surface area (Å²) in [6.45, 7) is 3.07. The first-order chi connectivity index (χ1) is 11.8. The van der Waals surface area contributed by atoms with Gasteiger partial charge in [0.15, 0.2) is 5.82 Å². The molecule has 8 nitrogen and oxygen atoms in total. The number of hydrogen-bond acceptors (Lipinski definition) is 5. The summed E-state index contributed by atoms with van der Waals surface area (Å²) in [5.41, 5.74) is 0.483. The van der Waals surface area contributed by atoms with Crippen molar-refractivity contribution in [3.8, 4) is 0 Å². The number of sulfonamides is 1. The van der Waals surface area contributed by atoms with Crippen LogP contribution in [0.15, 0.2) is 36.5 Å². The first kappa shape index (κ1) is 18.9. The third kappa shape index (κ3) is 5.57. The summed E-state index contributed by atoms with van der Waals surface area (Å²) in [7, 11) is 0.478. The predicted octanol–water partition coefficient (Wildman–Crippen LogP) is 1.46. The van der Waals surface area contributed by atoms with Gasteiger partial charge >= 0.3 is 0 Å². The number of likely N-dealkylation sites (N-methyl/N-ethyl adjacent to an activating group) is 1. The number of amides is 1. The van der Waals surface area contributed by atoms with Crippen molar-refractivity contribution in [3.05, 3.63) is 42.1 Å². The fourth-order valence-corrected chi connectivity index (χ4v) is 2.71. The van der Waals surface area contributed by atoms with E-state index in [1.807, 2.05) is 19.0 Å². The molecule has 25 heavy (non-hydrogen) atoms. The molecule has 2 aromatic rings. The molecule has 0 atom stereocenters. The second-order valence-corrected chi connectivity index (χ2v) is 7.78. The highest BCUT2D eigenvalue weighted by Crippen LogP contribution is 2.18. The Hall–Kier alpha value is -2.39. The molecule has 1 aromatic heterocycles. The molecule has 0 aliphatic rings. The Morgan fingerprint density at radius 3 is 2.64 bits per heavy atom. The van der Waals surface area contributed by atoms with Gasteiger partial charge in [-0.25, -0.2) is 8.42 Å². The predicted molar refractivity (Wildman–Crippen MR) is 98.3 cm³/mol. The van der Waals surface area contributed by atoms with E-state index in [1.165, 1.54) is 6.92 Å². The number of rotatable bonds is 8. The Labute approximate surface area is 147 Å². The maximum atomic E-state index is 12.5. The van der Waals surface area contributed by atoms with Crippen molar-refractivity contribution in [2.45, 2.75) is 13.5 Å². The van der Waals surface area contributed by atoms with Crippen molar-refractivity contribution < 1.29 is 13.2 Å². The zero-order valence-electron chi connectivity index (χ0n) is 14.6. The zero-order chi connectivity index (χ0) is 18.4. The molecule has 0 saturated heterocycles. The van der Waals surface area contributed by atoms with Gasteiger partial charge in [-0.05, 0) is 33.2 Å². The third-order valence-corrected chi connectivity index (χ3v) is 4.77. The molecule has 0 aliphatic carbocycles. The summed E-state index contributed by atoms with van der Waals surface area (Å²) in [6.07, 6.45) is 1.78. The minimum atomic E-state index is -3.47. The molecule has 1 heterocycles. The number of carbonyl (C=O) groups is 1. The number of anilines is 2. The van der Waals surface area contributed by atoms with Gasteiger partial charge in [-0.1, -0.05) is 12.1 Å². The molecule has 0 radical (unpaired) electrons. The number of aromatic nitrogens is 2. The summed E-state index contributed by atoms with van der Waals surface area (Å²) >= 11 is 0. The van der Waals surface area contributed by atoms with E-state index in [0.717, 1.165) is 6.54 Å². The van der Waals surface area contributed by atoms with Crippen LogP contribution in [0.4, 0.5) is 11.5 Å². The van der Waals surface area contributed by atoms with Crippen LogP contribution in [0.3, 0.4) is 0 Å². The van der Waals surface area contributed by atoms with E-state index in [9.17, 15) is 13.2 Å². The van der Waals surface area contributed by atoms with Crippen LogP contribution >= 0.6 is 0 Å². The summed E-state index contributed by atoms with van der Waals surface area (Å²) in [5.74, 6) is -0.0802. The lowest BCUT2D eigenvalue weighted by molar-refractivity contribution is 0.102. The number of carbonyl (C=O) groups excluding carboxylic acids is 1. The molecule has 0 bridgehead atoms. The van der Waals surface area contributed by atoms with Gasteiger partial charge in [0.05, 0.1) is 23.5 Å². The topological polar surface area (TPSA) is 96.3 Å². The van der Waals surface area contributed by atoms with Crippen LogP contribution in [0.1, 0.15) is 17.3 Å². The number of para-hydroxylation sites is 1. The summed E-state index contributed by atoms with van der Waals surface area (Å²) < 4.78 is 27.7. The number of nitrogens with one attached hydrogen (secondary N) is 2. The molecule has 9 heteroatoms. The van der Waals surface area contributed by atoms with Crippen LogP contribution in [0.25, 0.3) is 0 Å². The largest absolute Gasteiger partial charge is 0.308 e. The van der Waals surface area contributed by atoms with Crippen molar-refractivity contribution >= 4 is 27.4 Å². The van der Waals surface area contributed by atoms with Crippen LogP contribution in [-0.2, 0) is 16.6 Å². The van der Waals surface area contributed by atoms with E-state index in [0.29, 0.717) is 12.4 Å². The first-order valence-corrected chi connectivity index (χ1v) is 9.55. The Bertz CT molecular complexity index is 830.